The molecule has 0 bridgehead atoms. The topological polar surface area (TPSA) is 153 Å². The first-order valence-corrected chi connectivity index (χ1v) is 7.25. The number of nitrogens with one attached hydrogen (secondary N) is 1. The average molecular weight is 352 g/mol. The smallest absolute Gasteiger partial charge is 0.351 e. The average Bonchev–Trinajstić information content (AvgIpc) is 2.94. The molecule has 25 heavy (non-hydrogen) atoms. The van der Waals surface area contributed by atoms with Crippen LogP contribution in [-0.2, 0) is 23.8 Å². The summed E-state index contributed by atoms with van der Waals surface area (Å²) in [6, 6.07) is 1.77. The van der Waals surface area contributed by atoms with Crippen molar-refractivity contribution >= 4 is 17.8 Å². The van der Waals surface area contributed by atoms with Gasteiger partial charge in [-0.2, -0.15) is 10.2 Å². The molecular weight excluding hydrogens is 336 g/mol. The Bertz CT molecular complexity index is 769. The lowest BCUT2D eigenvalue weighted by Crippen LogP contribution is -2.34. The van der Waals surface area contributed by atoms with Crippen LogP contribution in [0.5, 0.6) is 0 Å². The van der Waals surface area contributed by atoms with Gasteiger partial charge in [-0.15, -0.1) is 0 Å². The van der Waals surface area contributed by atoms with E-state index in [4.69, 9.17) is 24.7 Å². The second kappa shape index (κ2) is 7.73. The molecule has 0 saturated carbocycles. The third kappa shape index (κ3) is 4.31. The van der Waals surface area contributed by atoms with Gasteiger partial charge in [-0.05, 0) is 0 Å². The van der Waals surface area contributed by atoms with Gasteiger partial charge in [0.25, 0.3) is 0 Å². The highest BCUT2D eigenvalue weighted by Gasteiger charge is 2.40. The highest BCUT2D eigenvalue weighted by molar-refractivity contribution is 5.66. The number of nitriles is 1. The van der Waals surface area contributed by atoms with Crippen LogP contribution in [0, 0.1) is 11.3 Å². The van der Waals surface area contributed by atoms with Crippen molar-refractivity contribution in [3.63, 3.8) is 0 Å². The van der Waals surface area contributed by atoms with Crippen LogP contribution in [0.3, 0.4) is 0 Å². The van der Waals surface area contributed by atoms with E-state index in [9.17, 15) is 14.4 Å². The van der Waals surface area contributed by atoms with Gasteiger partial charge in [0.1, 0.15) is 24.3 Å². The van der Waals surface area contributed by atoms with Gasteiger partial charge >= 0.3 is 17.6 Å². The first-order valence-electron chi connectivity index (χ1n) is 7.25. The summed E-state index contributed by atoms with van der Waals surface area (Å²) < 4.78 is 16.7. The van der Waals surface area contributed by atoms with Gasteiger partial charge in [0, 0.05) is 26.5 Å². The highest BCUT2D eigenvalue weighted by Crippen LogP contribution is 2.31. The van der Waals surface area contributed by atoms with E-state index in [1.165, 1.54) is 13.8 Å². The molecule has 134 valence electrons. The first kappa shape index (κ1) is 18.4. The van der Waals surface area contributed by atoms with E-state index in [1.54, 1.807) is 11.5 Å². The van der Waals surface area contributed by atoms with Gasteiger partial charge in [0.05, 0.1) is 6.10 Å². The minimum atomic E-state index is -1.05. The van der Waals surface area contributed by atoms with Crippen LogP contribution in [0.15, 0.2) is 11.0 Å². The Morgan fingerprint density at radius 3 is 2.80 bits per heavy atom. The van der Waals surface area contributed by atoms with Crippen LogP contribution in [0.2, 0.25) is 0 Å². The number of rotatable bonds is 5. The van der Waals surface area contributed by atoms with Crippen molar-refractivity contribution in [2.75, 3.05) is 12.1 Å². The summed E-state index contributed by atoms with van der Waals surface area (Å²) in [5, 5.41) is 18.0. The van der Waals surface area contributed by atoms with Crippen molar-refractivity contribution in [1.82, 2.24) is 9.55 Å². The van der Waals surface area contributed by atoms with E-state index in [-0.39, 0.29) is 24.4 Å². The second-order valence-corrected chi connectivity index (χ2v) is 5.25. The molecule has 0 amide bonds. The number of anilines is 1. The fraction of sp³-hybridized carbons (Fsp3) is 0.500. The lowest BCUT2D eigenvalue weighted by Gasteiger charge is -2.20. The molecule has 0 unspecified atom stereocenters. The molecule has 1 aliphatic rings. The minimum Gasteiger partial charge on any atom is -0.463 e. The maximum Gasteiger partial charge on any atom is 0.351 e. The van der Waals surface area contributed by atoms with Crippen molar-refractivity contribution in [1.29, 1.82) is 5.26 Å². The normalized spacial score (nSPS) is 22.1. The standard InChI is InChI=1S/C14H16N4O7/c1-7(19)23-6-10-3-11(24-8(2)20)13(25-10)18-5-9(4-15)12(17-22)16-14(18)21/h5,10-11,13,22H,3,6H2,1-2H3,(H,16,17,21)/t10-,11+,13+/m0/s1. The number of hydrogen-bond acceptors (Lipinski definition) is 10. The third-order valence-electron chi connectivity index (χ3n) is 3.39. The molecule has 0 aromatic carbocycles. The van der Waals surface area contributed by atoms with Gasteiger partial charge in [-0.1, -0.05) is 0 Å². The summed E-state index contributed by atoms with van der Waals surface area (Å²) in [6.07, 6.45) is -1.18. The van der Waals surface area contributed by atoms with Gasteiger partial charge in [0.2, 0.25) is 0 Å². The van der Waals surface area contributed by atoms with Crippen LogP contribution < -0.4 is 11.2 Å². The molecule has 1 fully saturated rings. The number of carbonyl (C=O) groups is 2. The number of hydrogen-bond donors (Lipinski definition) is 2. The van der Waals surface area contributed by atoms with Crippen LogP contribution in [0.1, 0.15) is 32.1 Å². The molecule has 1 aliphatic heterocycles. The largest absolute Gasteiger partial charge is 0.463 e. The van der Waals surface area contributed by atoms with Crippen LogP contribution in [0.4, 0.5) is 5.82 Å². The lowest BCUT2D eigenvalue weighted by molar-refractivity contribution is -0.153. The molecule has 0 radical (unpaired) electrons. The lowest BCUT2D eigenvalue weighted by atomic mass is 10.2. The minimum absolute atomic E-state index is 0.0762. The van der Waals surface area contributed by atoms with Crippen molar-refractivity contribution in [3.8, 4) is 6.07 Å². The predicted molar refractivity (Wildman–Crippen MR) is 79.3 cm³/mol. The molecule has 3 atom stereocenters. The first-order chi connectivity index (χ1) is 11.8. The van der Waals surface area contributed by atoms with E-state index in [1.807, 2.05) is 0 Å². The molecule has 0 spiro atoms. The fourth-order valence-electron chi connectivity index (χ4n) is 2.42. The summed E-state index contributed by atoms with van der Waals surface area (Å²) in [4.78, 5) is 37.9. The van der Waals surface area contributed by atoms with E-state index < -0.39 is 36.1 Å². The van der Waals surface area contributed by atoms with Crippen LogP contribution in [-0.4, -0.2) is 45.5 Å². The third-order valence-corrected chi connectivity index (χ3v) is 3.39. The SMILES string of the molecule is CC(=O)OC[C@@H]1C[C@@H](OC(C)=O)[C@H](n2cc(C#N)c(NO)nc2=O)O1. The molecule has 1 aromatic rings. The predicted octanol–water partition coefficient (Wildman–Crippen LogP) is -0.302. The van der Waals surface area contributed by atoms with E-state index in [2.05, 4.69) is 4.98 Å². The molecule has 2 N–H and O–H groups in total. The van der Waals surface area contributed by atoms with Crippen molar-refractivity contribution < 1.29 is 29.0 Å². The number of esters is 2. The van der Waals surface area contributed by atoms with Crippen molar-refractivity contribution in [2.24, 2.45) is 0 Å². The molecule has 1 saturated heterocycles. The number of aromatic nitrogens is 2. The van der Waals surface area contributed by atoms with Gasteiger partial charge in [-0.25, -0.2) is 4.79 Å². The van der Waals surface area contributed by atoms with Gasteiger partial charge in [-0.3, -0.25) is 24.8 Å². The molecular formula is C14H16N4O7. The zero-order chi connectivity index (χ0) is 18.6. The van der Waals surface area contributed by atoms with Crippen LogP contribution >= 0.6 is 0 Å². The molecule has 1 aromatic heterocycles. The Morgan fingerprint density at radius 1 is 1.52 bits per heavy atom. The van der Waals surface area contributed by atoms with E-state index in [0.717, 1.165) is 10.8 Å². The number of nitrogens with zero attached hydrogens (tertiary/aromatic N) is 3. The molecule has 2 rings (SSSR count). The Labute approximate surface area is 141 Å². The Kier molecular flexibility index (Phi) is 5.68. The zero-order valence-corrected chi connectivity index (χ0v) is 13.5. The maximum absolute atomic E-state index is 12.1. The Hall–Kier alpha value is -2.97. The maximum atomic E-state index is 12.1. The fourth-order valence-corrected chi connectivity index (χ4v) is 2.42. The summed E-state index contributed by atoms with van der Waals surface area (Å²) in [7, 11) is 0. The summed E-state index contributed by atoms with van der Waals surface area (Å²) in [5.74, 6) is -1.38. The highest BCUT2D eigenvalue weighted by atomic mass is 16.6. The molecule has 2 heterocycles. The number of ether oxygens (including phenoxy) is 3. The van der Waals surface area contributed by atoms with Crippen molar-refractivity contribution in [2.45, 2.75) is 38.7 Å². The summed E-state index contributed by atoms with van der Waals surface area (Å²) >= 11 is 0. The monoisotopic (exact) mass is 352 g/mol. The van der Waals surface area contributed by atoms with Crippen molar-refractivity contribution in [3.05, 3.63) is 22.2 Å². The van der Waals surface area contributed by atoms with Gasteiger partial charge in [0.15, 0.2) is 12.0 Å². The number of carbonyl (C=O) groups excluding carboxylic acids is 2. The quantitative estimate of drug-likeness (QED) is 0.533. The Morgan fingerprint density at radius 2 is 2.24 bits per heavy atom. The summed E-state index contributed by atoms with van der Waals surface area (Å²) in [6.45, 7) is 2.37. The Balaban J connectivity index is 2.33. The van der Waals surface area contributed by atoms with Gasteiger partial charge < -0.3 is 14.2 Å². The van der Waals surface area contributed by atoms with E-state index >= 15 is 0 Å². The van der Waals surface area contributed by atoms with Crippen LogP contribution in [0.25, 0.3) is 0 Å². The van der Waals surface area contributed by atoms with E-state index in [0.29, 0.717) is 0 Å². The second-order valence-electron chi connectivity index (χ2n) is 5.25. The molecule has 11 heteroatoms. The summed E-state index contributed by atoms with van der Waals surface area (Å²) in [5.41, 5.74) is 0.716. The molecule has 11 nitrogen and oxygen atoms in total. The zero-order valence-electron chi connectivity index (χ0n) is 13.5. The molecule has 0 aliphatic carbocycles.